The number of hydrogen-bond donors (Lipinski definition) is 0. The Labute approximate surface area is 88.8 Å². The monoisotopic (exact) mass is 186 g/mol. The van der Waals surface area contributed by atoms with Crippen LogP contribution in [-0.2, 0) is 0 Å². The van der Waals surface area contributed by atoms with E-state index in [0.717, 1.165) is 5.47 Å². The summed E-state index contributed by atoms with van der Waals surface area (Å²) in [6, 6.07) is 0. The molecule has 0 aliphatic carbocycles. The Morgan fingerprint density at radius 1 is 1.14 bits per heavy atom. The lowest BCUT2D eigenvalue weighted by molar-refractivity contribution is 1.39. The minimum absolute atomic E-state index is 1.11. The van der Waals surface area contributed by atoms with E-state index in [1.165, 1.54) is 16.7 Å². The zero-order chi connectivity index (χ0) is 11.1. The van der Waals surface area contributed by atoms with Crippen molar-refractivity contribution in [2.45, 2.75) is 20.8 Å². The molecular weight excluding hydrogens is 167 g/mol. The van der Waals surface area contributed by atoms with Crippen molar-refractivity contribution in [3.63, 3.8) is 0 Å². The van der Waals surface area contributed by atoms with E-state index in [1.807, 2.05) is 20.8 Å². The minimum atomic E-state index is 1.11. The quantitative estimate of drug-likeness (QED) is 0.467. The molecule has 14 heavy (non-hydrogen) atoms. The predicted octanol–water partition coefficient (Wildman–Crippen LogP) is 3.16. The maximum Gasteiger partial charge on any atom is 0.138 e. The SMILES string of the molecule is BC(=C)\C(C)=C/C=C(C)/C(C=C)=C/C. The first kappa shape index (κ1) is 12.8. The summed E-state index contributed by atoms with van der Waals surface area (Å²) in [7, 11) is 2.01. The molecule has 0 radical (unpaired) electrons. The zero-order valence-corrected chi connectivity index (χ0v) is 9.72. The lowest BCUT2D eigenvalue weighted by Crippen LogP contribution is -1.82. The first-order valence-corrected chi connectivity index (χ1v) is 4.83. The second kappa shape index (κ2) is 6.25. The van der Waals surface area contributed by atoms with Gasteiger partial charge in [-0.2, -0.15) is 0 Å². The third-order valence-corrected chi connectivity index (χ3v) is 2.24. The lowest BCUT2D eigenvalue weighted by atomic mass is 9.90. The van der Waals surface area contributed by atoms with Crippen molar-refractivity contribution >= 4 is 7.85 Å². The molecule has 0 aliphatic heterocycles. The fourth-order valence-electron chi connectivity index (χ4n) is 0.995. The van der Waals surface area contributed by atoms with Gasteiger partial charge in [-0.25, -0.2) is 0 Å². The van der Waals surface area contributed by atoms with Gasteiger partial charge in [-0.15, -0.1) is 6.58 Å². The Morgan fingerprint density at radius 2 is 1.64 bits per heavy atom. The van der Waals surface area contributed by atoms with Gasteiger partial charge < -0.3 is 0 Å². The van der Waals surface area contributed by atoms with Gasteiger partial charge in [0.05, 0.1) is 0 Å². The van der Waals surface area contributed by atoms with Gasteiger partial charge in [0.2, 0.25) is 0 Å². The van der Waals surface area contributed by atoms with Gasteiger partial charge in [-0.05, 0) is 31.9 Å². The molecule has 0 aliphatic rings. The van der Waals surface area contributed by atoms with Crippen molar-refractivity contribution in [2.75, 3.05) is 0 Å². The highest BCUT2D eigenvalue weighted by atomic mass is 14.0. The molecule has 0 atom stereocenters. The van der Waals surface area contributed by atoms with Gasteiger partial charge in [0.15, 0.2) is 0 Å². The van der Waals surface area contributed by atoms with E-state index in [1.54, 1.807) is 0 Å². The van der Waals surface area contributed by atoms with Crippen molar-refractivity contribution in [2.24, 2.45) is 0 Å². The number of rotatable bonds is 4. The largest absolute Gasteiger partial charge is 0.138 e. The zero-order valence-electron chi connectivity index (χ0n) is 9.72. The summed E-state index contributed by atoms with van der Waals surface area (Å²) in [6.07, 6.45) is 8.12. The maximum absolute atomic E-state index is 3.89. The third kappa shape index (κ3) is 4.13. The summed E-state index contributed by atoms with van der Waals surface area (Å²) in [5, 5.41) is 0. The van der Waals surface area contributed by atoms with E-state index >= 15 is 0 Å². The van der Waals surface area contributed by atoms with Crippen LogP contribution in [0.25, 0.3) is 0 Å². The van der Waals surface area contributed by atoms with E-state index in [9.17, 15) is 0 Å². The summed E-state index contributed by atoms with van der Waals surface area (Å²) in [6.45, 7) is 13.8. The van der Waals surface area contributed by atoms with Crippen LogP contribution in [0.3, 0.4) is 0 Å². The molecule has 0 spiro atoms. The van der Waals surface area contributed by atoms with E-state index in [0.29, 0.717) is 0 Å². The highest BCUT2D eigenvalue weighted by molar-refractivity contribution is 6.23. The molecule has 74 valence electrons. The number of allylic oxidation sites excluding steroid dienone is 8. The molecule has 0 nitrogen and oxygen atoms in total. The molecular formula is C13H19B. The van der Waals surface area contributed by atoms with Crippen molar-refractivity contribution in [3.8, 4) is 0 Å². The number of hydrogen-bond acceptors (Lipinski definition) is 0. The van der Waals surface area contributed by atoms with Gasteiger partial charge in [0.1, 0.15) is 7.85 Å². The highest BCUT2D eigenvalue weighted by Gasteiger charge is 1.92. The second-order valence-electron chi connectivity index (χ2n) is 3.43. The van der Waals surface area contributed by atoms with E-state index in [4.69, 9.17) is 0 Å². The van der Waals surface area contributed by atoms with Crippen molar-refractivity contribution in [1.29, 1.82) is 0 Å². The molecule has 0 saturated carbocycles. The van der Waals surface area contributed by atoms with Crippen LogP contribution in [0.2, 0.25) is 0 Å². The van der Waals surface area contributed by atoms with Crippen LogP contribution in [0.5, 0.6) is 0 Å². The Kier molecular flexibility index (Phi) is 5.70. The molecule has 0 aromatic heterocycles. The first-order chi connectivity index (χ1) is 6.52. The Balaban J connectivity index is 4.78. The summed E-state index contributed by atoms with van der Waals surface area (Å²) in [5.41, 5.74) is 4.72. The summed E-state index contributed by atoms with van der Waals surface area (Å²) in [5.74, 6) is 0. The van der Waals surface area contributed by atoms with Gasteiger partial charge in [0.25, 0.3) is 0 Å². The highest BCUT2D eigenvalue weighted by Crippen LogP contribution is 2.11. The van der Waals surface area contributed by atoms with Crippen molar-refractivity contribution in [3.05, 3.63) is 59.7 Å². The van der Waals surface area contributed by atoms with Crippen LogP contribution in [0, 0.1) is 0 Å². The Morgan fingerprint density at radius 3 is 2.00 bits per heavy atom. The molecule has 0 rings (SSSR count). The van der Waals surface area contributed by atoms with Gasteiger partial charge in [-0.1, -0.05) is 41.9 Å². The standard InChI is InChI=1S/C13H19B/c1-6-13(7-2)11(4)9-8-10(3)12(5)14/h6-9H,1,5,14H2,2-4H3/b10-8-,11-9+,13-7+. The predicted molar refractivity (Wildman–Crippen MR) is 69.2 cm³/mol. The molecule has 0 N–H and O–H groups in total. The molecule has 0 saturated heterocycles. The Bertz CT molecular complexity index is 314. The average Bonchev–Trinajstić information content (AvgIpc) is 2.15. The third-order valence-electron chi connectivity index (χ3n) is 2.24. The van der Waals surface area contributed by atoms with E-state index in [-0.39, 0.29) is 0 Å². The van der Waals surface area contributed by atoms with Crippen molar-refractivity contribution in [1.82, 2.24) is 0 Å². The van der Waals surface area contributed by atoms with E-state index < -0.39 is 0 Å². The smallest absolute Gasteiger partial charge is 0.105 e. The normalized spacial score (nSPS) is 14.1. The fraction of sp³-hybridized carbons (Fsp3) is 0.231. The van der Waals surface area contributed by atoms with Crippen LogP contribution in [0.4, 0.5) is 0 Å². The van der Waals surface area contributed by atoms with Crippen LogP contribution in [0.15, 0.2) is 59.7 Å². The van der Waals surface area contributed by atoms with Crippen LogP contribution >= 0.6 is 0 Å². The van der Waals surface area contributed by atoms with Crippen LogP contribution < -0.4 is 0 Å². The molecule has 1 heteroatoms. The summed E-state index contributed by atoms with van der Waals surface area (Å²) >= 11 is 0. The Hall–Kier alpha value is -1.24. The van der Waals surface area contributed by atoms with Crippen LogP contribution in [-0.4, -0.2) is 7.85 Å². The van der Waals surface area contributed by atoms with Gasteiger partial charge in [0, 0.05) is 0 Å². The van der Waals surface area contributed by atoms with Crippen molar-refractivity contribution < 1.29 is 0 Å². The summed E-state index contributed by atoms with van der Waals surface area (Å²) in [4.78, 5) is 0. The summed E-state index contributed by atoms with van der Waals surface area (Å²) < 4.78 is 0. The molecule has 0 heterocycles. The molecule has 0 amide bonds. The lowest BCUT2D eigenvalue weighted by Gasteiger charge is -2.00. The maximum atomic E-state index is 3.89. The molecule has 0 fully saturated rings. The second-order valence-corrected chi connectivity index (χ2v) is 3.43. The van der Waals surface area contributed by atoms with Gasteiger partial charge >= 0.3 is 0 Å². The van der Waals surface area contributed by atoms with Gasteiger partial charge in [-0.3, -0.25) is 0 Å². The van der Waals surface area contributed by atoms with E-state index in [2.05, 4.69) is 45.2 Å². The fourth-order valence-corrected chi connectivity index (χ4v) is 0.995. The molecule has 0 bridgehead atoms. The average molecular weight is 186 g/mol. The minimum Gasteiger partial charge on any atom is -0.105 e. The first-order valence-electron chi connectivity index (χ1n) is 4.83. The molecule has 0 unspecified atom stereocenters. The topological polar surface area (TPSA) is 0 Å². The molecule has 0 aromatic rings. The molecule has 0 aromatic carbocycles. The van der Waals surface area contributed by atoms with Crippen LogP contribution in [0.1, 0.15) is 20.8 Å².